The zero-order valence-electron chi connectivity index (χ0n) is 16.9. The van der Waals surface area contributed by atoms with E-state index < -0.39 is 0 Å². The average molecular weight is 425 g/mol. The summed E-state index contributed by atoms with van der Waals surface area (Å²) in [7, 11) is 0. The van der Waals surface area contributed by atoms with Gasteiger partial charge in [-0.25, -0.2) is 0 Å². The predicted molar refractivity (Wildman–Crippen MR) is 136 cm³/mol. The Labute approximate surface area is 187 Å². The fourth-order valence-corrected chi connectivity index (χ4v) is 5.25. The molecule has 0 bridgehead atoms. The molecule has 0 radical (unpaired) electrons. The molecule has 0 aliphatic carbocycles. The summed E-state index contributed by atoms with van der Waals surface area (Å²) in [5, 5.41) is 2.62. The average Bonchev–Trinajstić information content (AvgIpc) is 2.81. The van der Waals surface area contributed by atoms with E-state index in [1.54, 1.807) is 0 Å². The van der Waals surface area contributed by atoms with Gasteiger partial charge in [-0.05, 0) is 51.2 Å². The molecule has 0 fully saturated rings. The van der Waals surface area contributed by atoms with Crippen LogP contribution >= 0.6 is 23.5 Å². The third-order valence-electron chi connectivity index (χ3n) is 5.01. The molecule has 30 heavy (non-hydrogen) atoms. The number of hydrogen-bond acceptors (Lipinski definition) is 2. The Kier molecular flexibility index (Phi) is 6.78. The normalized spacial score (nSPS) is 10.8. The van der Waals surface area contributed by atoms with Crippen LogP contribution in [0.15, 0.2) is 108 Å². The second-order valence-electron chi connectivity index (χ2n) is 7.11. The van der Waals surface area contributed by atoms with Gasteiger partial charge in [0, 0.05) is 21.3 Å². The summed E-state index contributed by atoms with van der Waals surface area (Å²) in [5.74, 6) is 1.93. The first-order chi connectivity index (χ1) is 14.7. The van der Waals surface area contributed by atoms with Crippen molar-refractivity contribution in [3.8, 4) is 0 Å². The maximum Gasteiger partial charge on any atom is 0.0232 e. The van der Waals surface area contributed by atoms with Crippen LogP contribution in [0.2, 0.25) is 0 Å². The molecule has 0 aliphatic heterocycles. The lowest BCUT2D eigenvalue weighted by molar-refractivity contribution is 1.37. The first-order valence-electron chi connectivity index (χ1n) is 9.96. The summed E-state index contributed by atoms with van der Waals surface area (Å²) >= 11 is 3.77. The van der Waals surface area contributed by atoms with E-state index in [-0.39, 0.29) is 0 Å². The van der Waals surface area contributed by atoms with E-state index in [4.69, 9.17) is 0 Å². The van der Waals surface area contributed by atoms with Crippen LogP contribution in [0.1, 0.15) is 22.3 Å². The van der Waals surface area contributed by atoms with E-state index in [0.717, 1.165) is 17.1 Å². The van der Waals surface area contributed by atoms with Crippen molar-refractivity contribution in [2.24, 2.45) is 0 Å². The highest BCUT2D eigenvalue weighted by Gasteiger charge is 2.05. The second kappa shape index (κ2) is 9.88. The van der Waals surface area contributed by atoms with E-state index in [0.29, 0.717) is 0 Å². The van der Waals surface area contributed by atoms with Gasteiger partial charge in [-0.1, -0.05) is 92.0 Å². The first-order valence-corrected chi connectivity index (χ1v) is 11.9. The van der Waals surface area contributed by atoms with Gasteiger partial charge in [0.2, 0.25) is 0 Å². The number of hydrogen-bond donors (Lipinski definition) is 0. The standard InChI is InChI=1S/C28H24S2/c1-3-21-11-13-23(14-12-21)19-30-28-10-6-9-25-18-26(15-16-27(25)28)29-20-24-8-5-7-22(4-2)17-24/h3-18H,1-2,19-20H2. The van der Waals surface area contributed by atoms with E-state index in [2.05, 4.69) is 98.1 Å². The van der Waals surface area contributed by atoms with Crippen LogP contribution in [0, 0.1) is 0 Å². The third-order valence-corrected chi connectivity index (χ3v) is 7.22. The Hall–Kier alpha value is -2.68. The predicted octanol–water partition coefficient (Wildman–Crippen LogP) is 8.71. The largest absolute Gasteiger partial charge is 0.121 e. The molecule has 4 rings (SSSR count). The Morgan fingerprint density at radius 1 is 0.633 bits per heavy atom. The monoisotopic (exact) mass is 424 g/mol. The summed E-state index contributed by atoms with van der Waals surface area (Å²) in [5.41, 5.74) is 4.99. The van der Waals surface area contributed by atoms with Crippen molar-refractivity contribution in [2.75, 3.05) is 0 Å². The lowest BCUT2D eigenvalue weighted by Crippen LogP contribution is -1.84. The number of thioether (sulfide) groups is 2. The molecule has 0 atom stereocenters. The van der Waals surface area contributed by atoms with E-state index in [9.17, 15) is 0 Å². The smallest absolute Gasteiger partial charge is 0.0232 e. The summed E-state index contributed by atoms with van der Waals surface area (Å²) in [6.45, 7) is 7.68. The van der Waals surface area contributed by atoms with Crippen molar-refractivity contribution >= 4 is 46.4 Å². The summed E-state index contributed by atoms with van der Waals surface area (Å²) in [4.78, 5) is 2.63. The lowest BCUT2D eigenvalue weighted by Gasteiger charge is -2.09. The van der Waals surface area contributed by atoms with Gasteiger partial charge in [-0.2, -0.15) is 0 Å². The van der Waals surface area contributed by atoms with Crippen LogP contribution in [0.5, 0.6) is 0 Å². The zero-order valence-corrected chi connectivity index (χ0v) is 18.5. The molecule has 0 saturated carbocycles. The SMILES string of the molecule is C=Cc1ccc(CSc2cccc3cc(SCc4cccc(C=C)c4)ccc23)cc1. The minimum atomic E-state index is 0.961. The van der Waals surface area contributed by atoms with Crippen LogP contribution in [-0.4, -0.2) is 0 Å². The van der Waals surface area contributed by atoms with Crippen LogP contribution in [0.4, 0.5) is 0 Å². The molecule has 2 heteroatoms. The van der Waals surface area contributed by atoms with Crippen LogP contribution in [0.3, 0.4) is 0 Å². The number of benzene rings is 4. The summed E-state index contributed by atoms with van der Waals surface area (Å²) in [6.07, 6.45) is 3.78. The highest BCUT2D eigenvalue weighted by molar-refractivity contribution is 7.99. The Morgan fingerprint density at radius 2 is 1.40 bits per heavy atom. The topological polar surface area (TPSA) is 0 Å². The summed E-state index contributed by atoms with van der Waals surface area (Å²) < 4.78 is 0. The molecule has 0 nitrogen and oxygen atoms in total. The Balaban J connectivity index is 1.46. The van der Waals surface area contributed by atoms with E-state index >= 15 is 0 Å². The van der Waals surface area contributed by atoms with Crippen LogP contribution in [-0.2, 0) is 11.5 Å². The molecular weight excluding hydrogens is 400 g/mol. The molecule has 0 aromatic heterocycles. The van der Waals surface area contributed by atoms with Gasteiger partial charge >= 0.3 is 0 Å². The van der Waals surface area contributed by atoms with Crippen molar-refractivity contribution in [1.82, 2.24) is 0 Å². The van der Waals surface area contributed by atoms with Gasteiger partial charge in [0.25, 0.3) is 0 Å². The first kappa shape index (κ1) is 20.6. The van der Waals surface area contributed by atoms with Crippen molar-refractivity contribution < 1.29 is 0 Å². The fraction of sp³-hybridized carbons (Fsp3) is 0.0714. The molecule has 4 aromatic carbocycles. The van der Waals surface area contributed by atoms with Crippen molar-refractivity contribution in [3.63, 3.8) is 0 Å². The minimum Gasteiger partial charge on any atom is -0.121 e. The van der Waals surface area contributed by atoms with E-state index in [1.807, 2.05) is 35.7 Å². The van der Waals surface area contributed by atoms with Gasteiger partial charge < -0.3 is 0 Å². The molecule has 148 valence electrons. The van der Waals surface area contributed by atoms with Gasteiger partial charge in [0.05, 0.1) is 0 Å². The van der Waals surface area contributed by atoms with Crippen molar-refractivity contribution in [3.05, 3.63) is 120 Å². The molecule has 0 unspecified atom stereocenters. The van der Waals surface area contributed by atoms with Gasteiger partial charge in [0.1, 0.15) is 0 Å². The zero-order chi connectivity index (χ0) is 20.8. The number of rotatable bonds is 8. The molecule has 4 aromatic rings. The molecule has 0 saturated heterocycles. The maximum atomic E-state index is 3.86. The van der Waals surface area contributed by atoms with Gasteiger partial charge in [-0.3, -0.25) is 0 Å². The lowest BCUT2D eigenvalue weighted by atomic mass is 10.1. The third kappa shape index (κ3) is 5.08. The van der Waals surface area contributed by atoms with Crippen molar-refractivity contribution in [1.29, 1.82) is 0 Å². The minimum absolute atomic E-state index is 0.961. The number of fused-ring (bicyclic) bond motifs is 1. The quantitative estimate of drug-likeness (QED) is 0.259. The highest BCUT2D eigenvalue weighted by atomic mass is 32.2. The maximum absolute atomic E-state index is 3.86. The molecule has 0 aliphatic rings. The Morgan fingerprint density at radius 3 is 2.20 bits per heavy atom. The fourth-order valence-electron chi connectivity index (χ4n) is 3.34. The van der Waals surface area contributed by atoms with Gasteiger partial charge in [-0.15, -0.1) is 23.5 Å². The molecule has 0 spiro atoms. The van der Waals surface area contributed by atoms with Crippen LogP contribution in [0.25, 0.3) is 22.9 Å². The Bertz CT molecular complexity index is 1170. The van der Waals surface area contributed by atoms with Crippen molar-refractivity contribution in [2.45, 2.75) is 21.3 Å². The van der Waals surface area contributed by atoms with Crippen LogP contribution < -0.4 is 0 Å². The second-order valence-corrected chi connectivity index (χ2v) is 9.18. The molecule has 0 heterocycles. The molecule has 0 amide bonds. The molecule has 0 N–H and O–H groups in total. The molecular formula is C28H24S2. The van der Waals surface area contributed by atoms with Gasteiger partial charge in [0.15, 0.2) is 0 Å². The van der Waals surface area contributed by atoms with E-state index in [1.165, 1.54) is 37.3 Å². The summed E-state index contributed by atoms with van der Waals surface area (Å²) in [6, 6.07) is 30.6. The highest BCUT2D eigenvalue weighted by Crippen LogP contribution is 2.33.